The summed E-state index contributed by atoms with van der Waals surface area (Å²) in [5.41, 5.74) is 0.609. The van der Waals surface area contributed by atoms with Gasteiger partial charge in [0, 0.05) is 0 Å². The van der Waals surface area contributed by atoms with Gasteiger partial charge in [0.15, 0.2) is 0 Å². The van der Waals surface area contributed by atoms with Crippen molar-refractivity contribution >= 4 is 17.1 Å². The van der Waals surface area contributed by atoms with Gasteiger partial charge in [0.05, 0.1) is 16.7 Å². The van der Waals surface area contributed by atoms with Gasteiger partial charge in [-0.25, -0.2) is 0 Å². The molecule has 0 N–H and O–H groups in total. The number of carbonyl (C=O) groups is 1. The van der Waals surface area contributed by atoms with E-state index in [9.17, 15) is 4.79 Å². The zero-order chi connectivity index (χ0) is 8.39. The van der Waals surface area contributed by atoms with Crippen LogP contribution in [0.5, 0.6) is 0 Å². The lowest BCUT2D eigenvalue weighted by Gasteiger charge is -1.89. The molecule has 0 radical (unpaired) electrons. The molecular weight excluding hydrogens is 172 g/mol. The van der Waals surface area contributed by atoms with Crippen LogP contribution in [-0.2, 0) is 0 Å². The number of carbonyl (C=O) groups excluding carboxylic acids is 1. The van der Waals surface area contributed by atoms with E-state index < -0.39 is 0 Å². The first-order valence-electron chi connectivity index (χ1n) is 3.48. The highest BCUT2D eigenvalue weighted by atomic mass is 32.1. The number of thiophene rings is 1. The normalized spacial score (nSPS) is 10.0. The molecule has 0 unspecified atom stereocenters. The molecule has 0 aromatic carbocycles. The highest BCUT2D eigenvalue weighted by Gasteiger charge is 2.09. The summed E-state index contributed by atoms with van der Waals surface area (Å²) in [6.07, 6.45) is 2.96. The molecule has 0 bridgehead atoms. The third-order valence-electron chi connectivity index (χ3n) is 1.53. The molecule has 0 spiro atoms. The van der Waals surface area contributed by atoms with Crippen LogP contribution in [0.2, 0.25) is 0 Å². The Kier molecular flexibility index (Phi) is 1.80. The standard InChI is InChI=1S/C9H6O2S/c10-9(7-3-4-11-6-7)8-2-1-5-12-8/h1-6H. The van der Waals surface area contributed by atoms with Crippen molar-refractivity contribution in [1.82, 2.24) is 0 Å². The van der Waals surface area contributed by atoms with Crippen molar-refractivity contribution < 1.29 is 9.21 Å². The van der Waals surface area contributed by atoms with Gasteiger partial charge >= 0.3 is 0 Å². The lowest BCUT2D eigenvalue weighted by Crippen LogP contribution is -1.94. The Morgan fingerprint density at radius 1 is 1.42 bits per heavy atom. The fraction of sp³-hybridized carbons (Fsp3) is 0. The van der Waals surface area contributed by atoms with Crippen LogP contribution < -0.4 is 0 Å². The second kappa shape index (κ2) is 2.95. The van der Waals surface area contributed by atoms with Gasteiger partial charge in [-0.3, -0.25) is 4.79 Å². The van der Waals surface area contributed by atoms with Crippen LogP contribution in [0.1, 0.15) is 15.2 Å². The SMILES string of the molecule is O=C(c1ccoc1)c1cccs1. The van der Waals surface area contributed by atoms with E-state index in [1.165, 1.54) is 23.9 Å². The van der Waals surface area contributed by atoms with Crippen LogP contribution in [0.3, 0.4) is 0 Å². The molecule has 2 rings (SSSR count). The number of ketones is 1. The second-order valence-corrected chi connectivity index (χ2v) is 3.27. The van der Waals surface area contributed by atoms with E-state index in [2.05, 4.69) is 0 Å². The molecule has 0 aliphatic rings. The van der Waals surface area contributed by atoms with Gasteiger partial charge in [-0.05, 0) is 17.5 Å². The summed E-state index contributed by atoms with van der Waals surface area (Å²) in [4.78, 5) is 12.3. The van der Waals surface area contributed by atoms with Crippen molar-refractivity contribution in [2.24, 2.45) is 0 Å². The molecule has 3 heteroatoms. The lowest BCUT2D eigenvalue weighted by molar-refractivity contribution is 0.104. The predicted molar refractivity (Wildman–Crippen MR) is 46.5 cm³/mol. The third-order valence-corrected chi connectivity index (χ3v) is 2.40. The minimum atomic E-state index is 0.0266. The Morgan fingerprint density at radius 2 is 2.33 bits per heavy atom. The van der Waals surface area contributed by atoms with Crippen molar-refractivity contribution in [2.75, 3.05) is 0 Å². The Balaban J connectivity index is 2.34. The first-order valence-corrected chi connectivity index (χ1v) is 4.36. The Labute approximate surface area is 73.4 Å². The van der Waals surface area contributed by atoms with Gasteiger partial charge in [-0.1, -0.05) is 6.07 Å². The molecule has 0 aliphatic carbocycles. The summed E-state index contributed by atoms with van der Waals surface area (Å²) in [6, 6.07) is 5.33. The summed E-state index contributed by atoms with van der Waals surface area (Å²) < 4.78 is 4.82. The van der Waals surface area contributed by atoms with Crippen LogP contribution in [0.15, 0.2) is 40.5 Å². The van der Waals surface area contributed by atoms with Crippen LogP contribution in [0.25, 0.3) is 0 Å². The van der Waals surface area contributed by atoms with Gasteiger partial charge < -0.3 is 4.42 Å². The van der Waals surface area contributed by atoms with Crippen LogP contribution in [0, 0.1) is 0 Å². The van der Waals surface area contributed by atoms with Crippen molar-refractivity contribution in [1.29, 1.82) is 0 Å². The zero-order valence-corrected chi connectivity index (χ0v) is 7.01. The smallest absolute Gasteiger partial charge is 0.206 e. The van der Waals surface area contributed by atoms with Crippen LogP contribution >= 0.6 is 11.3 Å². The van der Waals surface area contributed by atoms with E-state index in [-0.39, 0.29) is 5.78 Å². The van der Waals surface area contributed by atoms with Crippen molar-refractivity contribution in [3.05, 3.63) is 46.5 Å². The number of hydrogen-bond acceptors (Lipinski definition) is 3. The van der Waals surface area contributed by atoms with Gasteiger partial charge in [-0.15, -0.1) is 11.3 Å². The van der Waals surface area contributed by atoms with Crippen molar-refractivity contribution in [3.8, 4) is 0 Å². The molecule has 12 heavy (non-hydrogen) atoms. The molecule has 2 heterocycles. The van der Waals surface area contributed by atoms with Gasteiger partial charge in [0.25, 0.3) is 0 Å². The molecule has 0 aliphatic heterocycles. The summed E-state index contributed by atoms with van der Waals surface area (Å²) in [6.45, 7) is 0. The summed E-state index contributed by atoms with van der Waals surface area (Å²) in [5, 5.41) is 1.88. The molecule has 2 aromatic rings. The summed E-state index contributed by atoms with van der Waals surface area (Å²) in [7, 11) is 0. The molecular formula is C9H6O2S. The highest BCUT2D eigenvalue weighted by molar-refractivity contribution is 7.12. The second-order valence-electron chi connectivity index (χ2n) is 2.32. The Hall–Kier alpha value is -1.35. The van der Waals surface area contributed by atoms with E-state index in [0.29, 0.717) is 5.56 Å². The van der Waals surface area contributed by atoms with Gasteiger partial charge in [-0.2, -0.15) is 0 Å². The molecule has 2 nitrogen and oxygen atoms in total. The molecule has 0 amide bonds. The van der Waals surface area contributed by atoms with Crippen LogP contribution in [0.4, 0.5) is 0 Å². The monoisotopic (exact) mass is 178 g/mol. The molecule has 0 fully saturated rings. The maximum absolute atomic E-state index is 11.5. The summed E-state index contributed by atoms with van der Waals surface area (Å²) in [5.74, 6) is 0.0266. The number of hydrogen-bond donors (Lipinski definition) is 0. The number of rotatable bonds is 2. The fourth-order valence-corrected chi connectivity index (χ4v) is 1.63. The van der Waals surface area contributed by atoms with Gasteiger partial charge in [0.1, 0.15) is 6.26 Å². The largest absolute Gasteiger partial charge is 0.472 e. The first-order chi connectivity index (χ1) is 5.88. The molecule has 0 atom stereocenters. The molecule has 0 saturated heterocycles. The van der Waals surface area contributed by atoms with Gasteiger partial charge in [0.2, 0.25) is 5.78 Å². The first kappa shape index (κ1) is 7.31. The Bertz CT molecular complexity index is 323. The average Bonchev–Trinajstić information content (AvgIpc) is 2.77. The predicted octanol–water partition coefficient (Wildman–Crippen LogP) is 2.57. The average molecular weight is 178 g/mol. The van der Waals surface area contributed by atoms with Crippen LogP contribution in [-0.4, -0.2) is 5.78 Å². The molecule has 2 aromatic heterocycles. The van der Waals surface area contributed by atoms with Crippen molar-refractivity contribution in [2.45, 2.75) is 0 Å². The maximum Gasteiger partial charge on any atom is 0.206 e. The molecule has 60 valence electrons. The lowest BCUT2D eigenvalue weighted by atomic mass is 10.2. The third kappa shape index (κ3) is 1.19. The van der Waals surface area contributed by atoms with E-state index >= 15 is 0 Å². The van der Waals surface area contributed by atoms with E-state index in [0.717, 1.165) is 4.88 Å². The summed E-state index contributed by atoms with van der Waals surface area (Å²) >= 11 is 1.44. The minimum absolute atomic E-state index is 0.0266. The van der Waals surface area contributed by atoms with E-state index in [4.69, 9.17) is 4.42 Å². The van der Waals surface area contributed by atoms with Crippen molar-refractivity contribution in [3.63, 3.8) is 0 Å². The zero-order valence-electron chi connectivity index (χ0n) is 6.19. The fourth-order valence-electron chi connectivity index (χ4n) is 0.944. The maximum atomic E-state index is 11.5. The van der Waals surface area contributed by atoms with E-state index in [1.54, 1.807) is 12.1 Å². The Morgan fingerprint density at radius 3 is 2.92 bits per heavy atom. The minimum Gasteiger partial charge on any atom is -0.472 e. The van der Waals surface area contributed by atoms with E-state index in [1.807, 2.05) is 11.4 Å². The topological polar surface area (TPSA) is 30.2 Å². The quantitative estimate of drug-likeness (QED) is 0.661. The molecule has 0 saturated carbocycles. The number of furan rings is 1. The highest BCUT2D eigenvalue weighted by Crippen LogP contribution is 2.14.